The smallest absolute Gasteiger partial charge is 0.0997 e. The Morgan fingerprint density at radius 2 is 1.92 bits per heavy atom. The molecule has 0 fully saturated rings. The number of hydrogen-bond acceptors (Lipinski definition) is 2. The standard InChI is InChI=1S/C10H10N2S/c1-7-3-9(12-6-13)4-8(2)10(7)5-11/h3-4,6H,1-2H3,(H,12,13). The van der Waals surface area contributed by atoms with Gasteiger partial charge in [0.05, 0.1) is 22.9 Å². The second-order valence-corrected chi connectivity index (χ2v) is 3.04. The lowest BCUT2D eigenvalue weighted by atomic mass is 10.0. The van der Waals surface area contributed by atoms with Gasteiger partial charge in [0.1, 0.15) is 0 Å². The summed E-state index contributed by atoms with van der Waals surface area (Å²) in [5.41, 5.74) is 4.93. The average Bonchev–Trinajstić information content (AvgIpc) is 2.04. The van der Waals surface area contributed by atoms with E-state index < -0.39 is 0 Å². The molecule has 1 aromatic carbocycles. The van der Waals surface area contributed by atoms with Gasteiger partial charge >= 0.3 is 0 Å². The van der Waals surface area contributed by atoms with Crippen molar-refractivity contribution < 1.29 is 0 Å². The quantitative estimate of drug-likeness (QED) is 0.412. The van der Waals surface area contributed by atoms with Crippen LogP contribution in [0.2, 0.25) is 0 Å². The lowest BCUT2D eigenvalue weighted by Crippen LogP contribution is -1.86. The minimum Gasteiger partial charge on any atom is -0.250 e. The molecule has 0 saturated heterocycles. The maximum absolute atomic E-state index is 8.82. The van der Waals surface area contributed by atoms with Gasteiger partial charge in [-0.15, -0.1) is 12.6 Å². The number of aryl methyl sites for hydroxylation is 2. The Kier molecular flexibility index (Phi) is 3.10. The van der Waals surface area contributed by atoms with Crippen molar-refractivity contribution in [2.75, 3.05) is 0 Å². The largest absolute Gasteiger partial charge is 0.250 e. The Balaban J connectivity index is 3.30. The topological polar surface area (TPSA) is 36.1 Å². The molecule has 66 valence electrons. The van der Waals surface area contributed by atoms with Crippen LogP contribution in [0.25, 0.3) is 0 Å². The second-order valence-electron chi connectivity index (χ2n) is 2.81. The molecule has 13 heavy (non-hydrogen) atoms. The summed E-state index contributed by atoms with van der Waals surface area (Å²) in [6.45, 7) is 3.81. The van der Waals surface area contributed by atoms with E-state index in [1.807, 2.05) is 26.0 Å². The minimum atomic E-state index is 0.734. The zero-order valence-electron chi connectivity index (χ0n) is 7.57. The van der Waals surface area contributed by atoms with Crippen LogP contribution in [0.1, 0.15) is 16.7 Å². The average molecular weight is 190 g/mol. The molecule has 0 saturated carbocycles. The van der Waals surface area contributed by atoms with Crippen molar-refractivity contribution in [3.8, 4) is 6.07 Å². The van der Waals surface area contributed by atoms with Gasteiger partial charge in [-0.2, -0.15) is 5.26 Å². The molecule has 0 atom stereocenters. The molecule has 0 aliphatic carbocycles. The molecule has 0 aromatic heterocycles. The van der Waals surface area contributed by atoms with E-state index in [0.717, 1.165) is 22.4 Å². The van der Waals surface area contributed by atoms with E-state index in [-0.39, 0.29) is 0 Å². The third-order valence-corrected chi connectivity index (χ3v) is 1.95. The highest BCUT2D eigenvalue weighted by Crippen LogP contribution is 2.21. The number of rotatable bonds is 1. The van der Waals surface area contributed by atoms with Gasteiger partial charge in [0, 0.05) is 0 Å². The summed E-state index contributed by atoms with van der Waals surface area (Å²) in [6, 6.07) is 5.91. The Bertz CT molecular complexity index is 365. The zero-order chi connectivity index (χ0) is 9.84. The molecule has 0 amide bonds. The third-order valence-electron chi connectivity index (χ3n) is 1.84. The molecule has 0 aliphatic heterocycles. The first-order chi connectivity index (χ1) is 6.19. The van der Waals surface area contributed by atoms with Crippen LogP contribution in [0.15, 0.2) is 17.1 Å². The highest BCUT2D eigenvalue weighted by atomic mass is 32.1. The molecule has 1 aromatic rings. The molecule has 0 radical (unpaired) electrons. The molecule has 0 aliphatic rings. The van der Waals surface area contributed by atoms with Gasteiger partial charge in [0.25, 0.3) is 0 Å². The third kappa shape index (κ3) is 2.10. The number of hydrogen-bond donors (Lipinski definition) is 1. The van der Waals surface area contributed by atoms with Crippen LogP contribution in [-0.2, 0) is 0 Å². The van der Waals surface area contributed by atoms with Crippen LogP contribution in [0, 0.1) is 25.2 Å². The normalized spacial score (nSPS) is 10.3. The van der Waals surface area contributed by atoms with Crippen molar-refractivity contribution in [1.82, 2.24) is 0 Å². The van der Waals surface area contributed by atoms with Crippen molar-refractivity contribution in [2.45, 2.75) is 13.8 Å². The molecular formula is C10H10N2S. The molecule has 0 unspecified atom stereocenters. The van der Waals surface area contributed by atoms with Crippen molar-refractivity contribution in [1.29, 1.82) is 5.26 Å². The Labute approximate surface area is 83.3 Å². The lowest BCUT2D eigenvalue weighted by Gasteiger charge is -2.02. The number of aliphatic imine (C=N–C) groups is 1. The molecule has 3 heteroatoms. The maximum Gasteiger partial charge on any atom is 0.0997 e. The molecule has 0 spiro atoms. The van der Waals surface area contributed by atoms with Gasteiger partial charge in [-0.1, -0.05) is 0 Å². The maximum atomic E-state index is 8.82. The van der Waals surface area contributed by atoms with E-state index in [9.17, 15) is 0 Å². The summed E-state index contributed by atoms with van der Waals surface area (Å²) in [4.78, 5) is 4.03. The zero-order valence-corrected chi connectivity index (χ0v) is 8.47. The Morgan fingerprint density at radius 3 is 2.31 bits per heavy atom. The fourth-order valence-corrected chi connectivity index (χ4v) is 1.39. The monoisotopic (exact) mass is 190 g/mol. The van der Waals surface area contributed by atoms with E-state index >= 15 is 0 Å². The fourth-order valence-electron chi connectivity index (χ4n) is 1.26. The lowest BCUT2D eigenvalue weighted by molar-refractivity contribution is 1.31. The van der Waals surface area contributed by atoms with E-state index in [2.05, 4.69) is 23.7 Å². The number of thiol groups is 1. The van der Waals surface area contributed by atoms with Gasteiger partial charge in [-0.25, -0.2) is 0 Å². The number of nitriles is 1. The molecule has 0 bridgehead atoms. The van der Waals surface area contributed by atoms with Gasteiger partial charge in [-0.05, 0) is 37.1 Å². The van der Waals surface area contributed by atoms with Crippen molar-refractivity contribution in [2.24, 2.45) is 4.99 Å². The first-order valence-electron chi connectivity index (χ1n) is 3.87. The van der Waals surface area contributed by atoms with Gasteiger partial charge in [0.15, 0.2) is 0 Å². The predicted octanol–water partition coefficient (Wildman–Crippen LogP) is 2.76. The van der Waals surface area contributed by atoms with Crippen LogP contribution in [0.5, 0.6) is 0 Å². The van der Waals surface area contributed by atoms with E-state index in [1.54, 1.807) is 0 Å². The predicted molar refractivity (Wildman–Crippen MR) is 57.8 cm³/mol. The molecular weight excluding hydrogens is 180 g/mol. The highest BCUT2D eigenvalue weighted by Gasteiger charge is 2.02. The van der Waals surface area contributed by atoms with Crippen LogP contribution in [-0.4, -0.2) is 5.55 Å². The second kappa shape index (κ2) is 4.11. The fraction of sp³-hybridized carbons (Fsp3) is 0.200. The summed E-state index contributed by atoms with van der Waals surface area (Å²) >= 11 is 3.89. The molecule has 1 rings (SSSR count). The molecule has 0 N–H and O–H groups in total. The minimum absolute atomic E-state index is 0.734. The summed E-state index contributed by atoms with van der Waals surface area (Å²) in [6.07, 6.45) is 0. The SMILES string of the molecule is Cc1cc(N=CS)cc(C)c1C#N. The van der Waals surface area contributed by atoms with Crippen LogP contribution in [0.3, 0.4) is 0 Å². The highest BCUT2D eigenvalue weighted by molar-refractivity contribution is 7.94. The number of nitrogens with zero attached hydrogens (tertiary/aromatic N) is 2. The van der Waals surface area contributed by atoms with E-state index in [1.165, 1.54) is 5.55 Å². The van der Waals surface area contributed by atoms with Gasteiger partial charge < -0.3 is 0 Å². The number of benzene rings is 1. The Morgan fingerprint density at radius 1 is 1.38 bits per heavy atom. The Hall–Kier alpha value is -1.27. The molecule has 0 heterocycles. The first kappa shape index (κ1) is 9.82. The van der Waals surface area contributed by atoms with Gasteiger partial charge in [0.2, 0.25) is 0 Å². The summed E-state index contributed by atoms with van der Waals surface area (Å²) in [5, 5.41) is 8.82. The summed E-state index contributed by atoms with van der Waals surface area (Å²) in [7, 11) is 0. The van der Waals surface area contributed by atoms with Crippen LogP contribution in [0.4, 0.5) is 5.69 Å². The van der Waals surface area contributed by atoms with Gasteiger partial charge in [-0.3, -0.25) is 4.99 Å². The van der Waals surface area contributed by atoms with E-state index in [4.69, 9.17) is 5.26 Å². The summed E-state index contributed by atoms with van der Waals surface area (Å²) < 4.78 is 0. The van der Waals surface area contributed by atoms with E-state index in [0.29, 0.717) is 0 Å². The summed E-state index contributed by atoms with van der Waals surface area (Å²) in [5.74, 6) is 0. The van der Waals surface area contributed by atoms with Crippen LogP contribution < -0.4 is 0 Å². The van der Waals surface area contributed by atoms with Crippen molar-refractivity contribution in [3.05, 3.63) is 28.8 Å². The van der Waals surface area contributed by atoms with Crippen molar-refractivity contribution in [3.63, 3.8) is 0 Å². The van der Waals surface area contributed by atoms with Crippen molar-refractivity contribution >= 4 is 23.9 Å². The van der Waals surface area contributed by atoms with Crippen LogP contribution >= 0.6 is 12.6 Å². The first-order valence-corrected chi connectivity index (χ1v) is 4.38. The molecule has 2 nitrogen and oxygen atoms in total.